The molecular formula is C10H18N2. The predicted molar refractivity (Wildman–Crippen MR) is 51.1 cm³/mol. The minimum absolute atomic E-state index is 0.363. The van der Waals surface area contributed by atoms with E-state index in [1.54, 1.807) is 0 Å². The lowest BCUT2D eigenvalue weighted by Gasteiger charge is -2.16. The first-order chi connectivity index (χ1) is 5.51. The molecule has 2 nitrogen and oxygen atoms in total. The molecule has 0 spiro atoms. The first kappa shape index (κ1) is 9.30. The minimum atomic E-state index is 0.363. The number of aromatic nitrogens is 2. The molecule has 0 saturated carbocycles. The minimum Gasteiger partial charge on any atom is -0.273 e. The van der Waals surface area contributed by atoms with E-state index in [0.717, 1.165) is 13.0 Å². The smallest absolute Gasteiger partial charge is 0.0521 e. The van der Waals surface area contributed by atoms with Gasteiger partial charge in [0.25, 0.3) is 0 Å². The lowest BCUT2D eigenvalue weighted by Crippen LogP contribution is -2.08. The molecule has 0 aliphatic heterocycles. The zero-order valence-corrected chi connectivity index (χ0v) is 8.46. The summed E-state index contributed by atoms with van der Waals surface area (Å²) in [5.74, 6) is 0. The molecule has 1 rings (SSSR count). The average molecular weight is 166 g/mol. The van der Waals surface area contributed by atoms with Crippen LogP contribution in [0.5, 0.6) is 0 Å². The maximum Gasteiger partial charge on any atom is 0.0521 e. The van der Waals surface area contributed by atoms with Crippen molar-refractivity contribution in [1.82, 2.24) is 9.78 Å². The van der Waals surface area contributed by atoms with E-state index in [1.165, 1.54) is 5.56 Å². The zero-order valence-electron chi connectivity index (χ0n) is 8.46. The van der Waals surface area contributed by atoms with E-state index in [1.807, 2.05) is 10.9 Å². The van der Waals surface area contributed by atoms with Crippen molar-refractivity contribution in [3.8, 4) is 0 Å². The van der Waals surface area contributed by atoms with Gasteiger partial charge in [0.15, 0.2) is 0 Å². The van der Waals surface area contributed by atoms with Crippen LogP contribution in [0.4, 0.5) is 0 Å². The Morgan fingerprint density at radius 2 is 2.08 bits per heavy atom. The first-order valence-electron chi connectivity index (χ1n) is 4.52. The molecule has 1 aromatic rings. The molecule has 0 saturated heterocycles. The highest BCUT2D eigenvalue weighted by atomic mass is 15.3. The van der Waals surface area contributed by atoms with Gasteiger partial charge in [-0.15, -0.1) is 0 Å². The molecule has 0 aliphatic rings. The Bertz CT molecular complexity index is 243. The zero-order chi connectivity index (χ0) is 9.19. The van der Waals surface area contributed by atoms with E-state index < -0.39 is 0 Å². The third kappa shape index (κ3) is 2.68. The van der Waals surface area contributed by atoms with Crippen LogP contribution in [-0.2, 0) is 13.0 Å². The molecule has 1 aromatic heterocycles. The molecule has 0 aromatic carbocycles. The summed E-state index contributed by atoms with van der Waals surface area (Å²) in [4.78, 5) is 0. The van der Waals surface area contributed by atoms with E-state index in [0.29, 0.717) is 5.41 Å². The molecule has 0 bridgehead atoms. The molecule has 12 heavy (non-hydrogen) atoms. The molecular weight excluding hydrogens is 148 g/mol. The van der Waals surface area contributed by atoms with Crippen LogP contribution >= 0.6 is 0 Å². The van der Waals surface area contributed by atoms with Crippen LogP contribution in [0.1, 0.15) is 33.3 Å². The van der Waals surface area contributed by atoms with Crippen LogP contribution in [0.3, 0.4) is 0 Å². The largest absolute Gasteiger partial charge is 0.273 e. The number of nitrogens with zero attached hydrogens (tertiary/aromatic N) is 2. The van der Waals surface area contributed by atoms with Crippen LogP contribution in [-0.4, -0.2) is 9.78 Å². The molecule has 1 heterocycles. The quantitative estimate of drug-likeness (QED) is 0.660. The van der Waals surface area contributed by atoms with Crippen molar-refractivity contribution in [3.05, 3.63) is 18.0 Å². The van der Waals surface area contributed by atoms with Gasteiger partial charge in [-0.25, -0.2) is 0 Å². The highest BCUT2D eigenvalue weighted by molar-refractivity contribution is 5.05. The maximum absolute atomic E-state index is 4.24. The molecule has 0 fully saturated rings. The Kier molecular flexibility index (Phi) is 2.55. The summed E-state index contributed by atoms with van der Waals surface area (Å²) in [6, 6.07) is 0. The van der Waals surface area contributed by atoms with E-state index in [9.17, 15) is 0 Å². The van der Waals surface area contributed by atoms with Crippen LogP contribution in [0.15, 0.2) is 12.4 Å². The topological polar surface area (TPSA) is 17.8 Å². The van der Waals surface area contributed by atoms with Crippen LogP contribution in [0, 0.1) is 5.41 Å². The normalized spacial score (nSPS) is 12.0. The van der Waals surface area contributed by atoms with Crippen LogP contribution < -0.4 is 0 Å². The summed E-state index contributed by atoms with van der Waals surface area (Å²) in [6.07, 6.45) is 5.20. The molecule has 0 atom stereocenters. The van der Waals surface area contributed by atoms with Gasteiger partial charge in [-0.05, 0) is 24.3 Å². The highest BCUT2D eigenvalue weighted by Crippen LogP contribution is 2.19. The second kappa shape index (κ2) is 3.30. The second-order valence-corrected chi connectivity index (χ2v) is 4.44. The molecule has 68 valence electrons. The van der Waals surface area contributed by atoms with Crippen molar-refractivity contribution in [2.45, 2.75) is 40.7 Å². The fourth-order valence-corrected chi connectivity index (χ4v) is 1.28. The second-order valence-electron chi connectivity index (χ2n) is 4.44. The van der Waals surface area contributed by atoms with E-state index >= 15 is 0 Å². The Balaban J connectivity index is 2.64. The van der Waals surface area contributed by atoms with Gasteiger partial charge >= 0.3 is 0 Å². The van der Waals surface area contributed by atoms with E-state index in [-0.39, 0.29) is 0 Å². The maximum atomic E-state index is 4.24. The molecule has 0 aliphatic carbocycles. The molecule has 2 heteroatoms. The summed E-state index contributed by atoms with van der Waals surface area (Å²) >= 11 is 0. The Morgan fingerprint density at radius 1 is 1.42 bits per heavy atom. The van der Waals surface area contributed by atoms with Crippen molar-refractivity contribution in [3.63, 3.8) is 0 Å². The molecule has 0 N–H and O–H groups in total. The van der Waals surface area contributed by atoms with Gasteiger partial charge < -0.3 is 0 Å². The Morgan fingerprint density at radius 3 is 2.50 bits per heavy atom. The van der Waals surface area contributed by atoms with Crippen molar-refractivity contribution >= 4 is 0 Å². The highest BCUT2D eigenvalue weighted by Gasteiger charge is 2.11. The van der Waals surface area contributed by atoms with Gasteiger partial charge in [0.1, 0.15) is 0 Å². The van der Waals surface area contributed by atoms with Crippen molar-refractivity contribution < 1.29 is 0 Å². The van der Waals surface area contributed by atoms with E-state index in [2.05, 4.69) is 39.0 Å². The summed E-state index contributed by atoms with van der Waals surface area (Å²) in [7, 11) is 0. The summed E-state index contributed by atoms with van der Waals surface area (Å²) in [6.45, 7) is 9.81. The fraction of sp³-hybridized carbons (Fsp3) is 0.700. The van der Waals surface area contributed by atoms with Gasteiger partial charge in [-0.1, -0.05) is 20.8 Å². The average Bonchev–Trinajstić information content (AvgIpc) is 2.32. The lowest BCUT2D eigenvalue weighted by atomic mass is 9.89. The van der Waals surface area contributed by atoms with Gasteiger partial charge in [-0.3, -0.25) is 4.68 Å². The van der Waals surface area contributed by atoms with Crippen molar-refractivity contribution in [1.29, 1.82) is 0 Å². The van der Waals surface area contributed by atoms with Crippen molar-refractivity contribution in [2.24, 2.45) is 5.41 Å². The predicted octanol–water partition coefficient (Wildman–Crippen LogP) is 2.49. The van der Waals surface area contributed by atoms with Crippen molar-refractivity contribution in [2.75, 3.05) is 0 Å². The summed E-state index contributed by atoms with van der Waals surface area (Å²) < 4.78 is 1.97. The summed E-state index contributed by atoms with van der Waals surface area (Å²) in [5, 5.41) is 4.24. The SMILES string of the molecule is CCn1cc(CC(C)(C)C)cn1. The number of aryl methyl sites for hydroxylation is 1. The third-order valence-corrected chi connectivity index (χ3v) is 1.75. The van der Waals surface area contributed by atoms with Crippen LogP contribution in [0.2, 0.25) is 0 Å². The number of hydrogen-bond acceptors (Lipinski definition) is 1. The monoisotopic (exact) mass is 166 g/mol. The standard InChI is InChI=1S/C10H18N2/c1-5-12-8-9(7-11-12)6-10(2,3)4/h7-8H,5-6H2,1-4H3. The molecule has 0 radical (unpaired) electrons. The van der Waals surface area contributed by atoms with Gasteiger partial charge in [0.2, 0.25) is 0 Å². The Labute approximate surface area is 74.6 Å². The lowest BCUT2D eigenvalue weighted by molar-refractivity contribution is 0.411. The summed E-state index contributed by atoms with van der Waals surface area (Å²) in [5.41, 5.74) is 1.70. The molecule has 0 amide bonds. The Hall–Kier alpha value is -0.790. The third-order valence-electron chi connectivity index (χ3n) is 1.75. The van der Waals surface area contributed by atoms with Gasteiger partial charge in [0.05, 0.1) is 6.20 Å². The number of rotatable bonds is 2. The molecule has 0 unspecified atom stereocenters. The van der Waals surface area contributed by atoms with Crippen LogP contribution in [0.25, 0.3) is 0 Å². The van der Waals surface area contributed by atoms with Gasteiger partial charge in [-0.2, -0.15) is 5.10 Å². The van der Waals surface area contributed by atoms with Gasteiger partial charge in [0, 0.05) is 12.7 Å². The fourth-order valence-electron chi connectivity index (χ4n) is 1.28. The number of hydrogen-bond donors (Lipinski definition) is 0. The first-order valence-corrected chi connectivity index (χ1v) is 4.52. The van der Waals surface area contributed by atoms with E-state index in [4.69, 9.17) is 0 Å².